The molecule has 1 saturated carbocycles. The summed E-state index contributed by atoms with van der Waals surface area (Å²) in [6, 6.07) is 2.56. The number of nitrogens with one attached hydrogen (secondary N) is 2. The summed E-state index contributed by atoms with van der Waals surface area (Å²) in [6.45, 7) is 2.21. The summed E-state index contributed by atoms with van der Waals surface area (Å²) in [6.07, 6.45) is 6.27. The fourth-order valence-corrected chi connectivity index (χ4v) is 3.73. The average Bonchev–Trinajstić information content (AvgIpc) is 2.54. The van der Waals surface area contributed by atoms with Crippen molar-refractivity contribution in [1.82, 2.24) is 9.71 Å². The standard InChI is InChI=1S/C13H20N2O3S/c1-10-3-2-4-11(6-5-10)15-19(17,18)12-7-8-13(16)14-9-12/h7-11,15H,2-6H2,1H3,(H,14,16). The first-order chi connectivity index (χ1) is 8.97. The van der Waals surface area contributed by atoms with Gasteiger partial charge in [0.05, 0.1) is 4.90 Å². The van der Waals surface area contributed by atoms with Gasteiger partial charge in [-0.15, -0.1) is 0 Å². The van der Waals surface area contributed by atoms with Crippen LogP contribution in [0.5, 0.6) is 0 Å². The van der Waals surface area contributed by atoms with E-state index in [2.05, 4.69) is 16.6 Å². The van der Waals surface area contributed by atoms with Gasteiger partial charge in [-0.3, -0.25) is 4.79 Å². The predicted molar refractivity (Wildman–Crippen MR) is 73.4 cm³/mol. The van der Waals surface area contributed by atoms with Crippen LogP contribution in [0.2, 0.25) is 0 Å². The lowest BCUT2D eigenvalue weighted by Gasteiger charge is -2.16. The summed E-state index contributed by atoms with van der Waals surface area (Å²) < 4.78 is 27.1. The van der Waals surface area contributed by atoms with Crippen molar-refractivity contribution in [3.8, 4) is 0 Å². The second-order valence-electron chi connectivity index (χ2n) is 5.32. The van der Waals surface area contributed by atoms with Gasteiger partial charge in [0.25, 0.3) is 0 Å². The molecule has 0 aromatic carbocycles. The van der Waals surface area contributed by atoms with Crippen molar-refractivity contribution in [3.63, 3.8) is 0 Å². The summed E-state index contributed by atoms with van der Waals surface area (Å²) in [5.41, 5.74) is -0.303. The molecule has 0 radical (unpaired) electrons. The molecule has 2 N–H and O–H groups in total. The summed E-state index contributed by atoms with van der Waals surface area (Å²) in [5.74, 6) is 0.669. The van der Waals surface area contributed by atoms with E-state index in [0.717, 1.165) is 32.1 Å². The van der Waals surface area contributed by atoms with Crippen molar-refractivity contribution < 1.29 is 8.42 Å². The lowest BCUT2D eigenvalue weighted by molar-refractivity contribution is 0.484. The molecule has 2 unspecified atom stereocenters. The number of aromatic amines is 1. The van der Waals surface area contributed by atoms with Gasteiger partial charge in [0, 0.05) is 18.3 Å². The molecule has 6 heteroatoms. The van der Waals surface area contributed by atoms with Gasteiger partial charge in [0.15, 0.2) is 0 Å². The van der Waals surface area contributed by atoms with Crippen LogP contribution < -0.4 is 10.3 Å². The Morgan fingerprint density at radius 1 is 1.21 bits per heavy atom. The minimum atomic E-state index is -3.53. The van der Waals surface area contributed by atoms with E-state index in [9.17, 15) is 13.2 Å². The highest BCUT2D eigenvalue weighted by atomic mass is 32.2. The first-order valence-corrected chi connectivity index (χ1v) is 8.17. The Kier molecular flexibility index (Phi) is 4.42. The molecule has 2 atom stereocenters. The quantitative estimate of drug-likeness (QED) is 0.828. The van der Waals surface area contributed by atoms with Crippen LogP contribution in [0.25, 0.3) is 0 Å². The van der Waals surface area contributed by atoms with E-state index < -0.39 is 10.0 Å². The predicted octanol–water partition coefficient (Wildman–Crippen LogP) is 1.62. The van der Waals surface area contributed by atoms with Crippen LogP contribution in [-0.2, 0) is 10.0 Å². The lowest BCUT2D eigenvalue weighted by atomic mass is 10.0. The molecule has 1 aliphatic rings. The Morgan fingerprint density at radius 3 is 2.68 bits per heavy atom. The number of sulfonamides is 1. The SMILES string of the molecule is CC1CCCC(NS(=O)(=O)c2ccc(=O)[nH]c2)CC1. The largest absolute Gasteiger partial charge is 0.328 e. The van der Waals surface area contributed by atoms with Crippen LogP contribution in [0.4, 0.5) is 0 Å². The van der Waals surface area contributed by atoms with Gasteiger partial charge in [-0.25, -0.2) is 13.1 Å². The van der Waals surface area contributed by atoms with E-state index >= 15 is 0 Å². The Balaban J connectivity index is 2.08. The van der Waals surface area contributed by atoms with Crippen molar-refractivity contribution >= 4 is 10.0 Å². The summed E-state index contributed by atoms with van der Waals surface area (Å²) >= 11 is 0. The van der Waals surface area contributed by atoms with Gasteiger partial charge >= 0.3 is 0 Å². The fraction of sp³-hybridized carbons (Fsp3) is 0.615. The maximum atomic E-state index is 12.2. The Hall–Kier alpha value is -1.14. The van der Waals surface area contributed by atoms with Gasteiger partial charge in [-0.05, 0) is 31.2 Å². The number of rotatable bonds is 3. The molecule has 0 aliphatic heterocycles. The molecule has 5 nitrogen and oxygen atoms in total. The maximum Gasteiger partial charge on any atom is 0.247 e. The lowest BCUT2D eigenvalue weighted by Crippen LogP contribution is -2.34. The van der Waals surface area contributed by atoms with Gasteiger partial charge < -0.3 is 4.98 Å². The zero-order valence-corrected chi connectivity index (χ0v) is 11.9. The van der Waals surface area contributed by atoms with Crippen molar-refractivity contribution in [2.24, 2.45) is 5.92 Å². The summed E-state index contributed by atoms with van der Waals surface area (Å²) in [4.78, 5) is 13.5. The van der Waals surface area contributed by atoms with E-state index in [-0.39, 0.29) is 16.5 Å². The third-order valence-corrected chi connectivity index (χ3v) is 5.16. The molecule has 0 bridgehead atoms. The first kappa shape index (κ1) is 14.3. The average molecular weight is 284 g/mol. The molecule has 1 aromatic rings. The highest BCUT2D eigenvalue weighted by Gasteiger charge is 2.22. The summed E-state index contributed by atoms with van der Waals surface area (Å²) in [7, 11) is -3.53. The van der Waals surface area contributed by atoms with E-state index in [4.69, 9.17) is 0 Å². The van der Waals surface area contributed by atoms with E-state index in [1.165, 1.54) is 18.3 Å². The molecule has 1 aromatic heterocycles. The molecule has 0 spiro atoms. The topological polar surface area (TPSA) is 79.0 Å². The van der Waals surface area contributed by atoms with Crippen molar-refractivity contribution in [1.29, 1.82) is 0 Å². The van der Waals surface area contributed by atoms with Gasteiger partial charge in [-0.1, -0.05) is 19.8 Å². The second kappa shape index (κ2) is 5.88. The second-order valence-corrected chi connectivity index (χ2v) is 7.03. The molecule has 19 heavy (non-hydrogen) atoms. The molecule has 1 heterocycles. The van der Waals surface area contributed by atoms with Crippen molar-refractivity contribution in [2.75, 3.05) is 0 Å². The maximum absolute atomic E-state index is 12.2. The molecule has 0 saturated heterocycles. The molecule has 106 valence electrons. The molecule has 1 fully saturated rings. The van der Waals surface area contributed by atoms with Crippen LogP contribution in [0.15, 0.2) is 28.0 Å². The number of pyridine rings is 1. The molecular formula is C13H20N2O3S. The van der Waals surface area contributed by atoms with E-state index in [0.29, 0.717) is 5.92 Å². The first-order valence-electron chi connectivity index (χ1n) is 6.68. The minimum Gasteiger partial charge on any atom is -0.328 e. The highest BCUT2D eigenvalue weighted by Crippen LogP contribution is 2.23. The highest BCUT2D eigenvalue weighted by molar-refractivity contribution is 7.89. The zero-order chi connectivity index (χ0) is 13.9. The van der Waals surface area contributed by atoms with Crippen LogP contribution >= 0.6 is 0 Å². The smallest absolute Gasteiger partial charge is 0.247 e. The number of hydrogen-bond donors (Lipinski definition) is 2. The van der Waals surface area contributed by atoms with Crippen LogP contribution in [-0.4, -0.2) is 19.4 Å². The monoisotopic (exact) mass is 284 g/mol. The number of hydrogen-bond acceptors (Lipinski definition) is 3. The molecule has 2 rings (SSSR count). The zero-order valence-electron chi connectivity index (χ0n) is 11.1. The van der Waals surface area contributed by atoms with Gasteiger partial charge in [0.2, 0.25) is 15.6 Å². The summed E-state index contributed by atoms with van der Waals surface area (Å²) in [5, 5.41) is 0. The third-order valence-electron chi connectivity index (χ3n) is 3.65. The van der Waals surface area contributed by atoms with Crippen LogP contribution in [0, 0.1) is 5.92 Å². The van der Waals surface area contributed by atoms with Gasteiger partial charge in [-0.2, -0.15) is 0 Å². The number of aromatic nitrogens is 1. The normalized spacial score (nSPS) is 24.9. The molecule has 0 amide bonds. The molecular weight excluding hydrogens is 264 g/mol. The van der Waals surface area contributed by atoms with Gasteiger partial charge in [0.1, 0.15) is 0 Å². The van der Waals surface area contributed by atoms with Crippen molar-refractivity contribution in [2.45, 2.75) is 50.0 Å². The minimum absolute atomic E-state index is 0.00174. The van der Waals surface area contributed by atoms with Crippen LogP contribution in [0.1, 0.15) is 39.0 Å². The van der Waals surface area contributed by atoms with Crippen LogP contribution in [0.3, 0.4) is 0 Å². The third kappa shape index (κ3) is 3.91. The fourth-order valence-electron chi connectivity index (χ4n) is 2.46. The Morgan fingerprint density at radius 2 is 2.00 bits per heavy atom. The van der Waals surface area contributed by atoms with E-state index in [1.807, 2.05) is 0 Å². The Bertz CT molecular complexity index is 559. The molecule has 1 aliphatic carbocycles. The van der Waals surface area contributed by atoms with Crippen molar-refractivity contribution in [3.05, 3.63) is 28.7 Å². The number of H-pyrrole nitrogens is 1. The Labute approximate surface area is 113 Å². The van der Waals surface area contributed by atoms with E-state index in [1.54, 1.807) is 0 Å².